The summed E-state index contributed by atoms with van der Waals surface area (Å²) in [4.78, 5) is 27.5. The zero-order chi connectivity index (χ0) is 21.7. The standard InChI is InChI=1S/C24H25Cl2NO3/c1-23(2,3)16-6-4-15(5-7-16)22(29)27-10-8-24(9-11-27)14-20(28)18-12-17(25)13-19(26)21(18)30-24/h4-7,12-13H,8-11,14H2,1-3H3. The summed E-state index contributed by atoms with van der Waals surface area (Å²) in [6.07, 6.45) is 1.45. The number of Topliss-reactive ketones (excluding diaryl/α,β-unsaturated/α-hetero) is 1. The second kappa shape index (κ2) is 7.58. The molecule has 30 heavy (non-hydrogen) atoms. The molecule has 4 rings (SSSR count). The van der Waals surface area contributed by atoms with Crippen molar-refractivity contribution in [3.63, 3.8) is 0 Å². The van der Waals surface area contributed by atoms with Gasteiger partial charge >= 0.3 is 0 Å². The van der Waals surface area contributed by atoms with Gasteiger partial charge in [-0.1, -0.05) is 56.1 Å². The van der Waals surface area contributed by atoms with Gasteiger partial charge in [-0.3, -0.25) is 9.59 Å². The van der Waals surface area contributed by atoms with Gasteiger partial charge < -0.3 is 9.64 Å². The maximum atomic E-state index is 13.0. The Kier molecular flexibility index (Phi) is 5.36. The SMILES string of the molecule is CC(C)(C)c1ccc(C(=O)N2CCC3(CC2)CC(=O)c2cc(Cl)cc(Cl)c2O3)cc1. The Morgan fingerprint density at radius 3 is 2.30 bits per heavy atom. The maximum absolute atomic E-state index is 13.0. The Hall–Kier alpha value is -2.04. The number of rotatable bonds is 1. The minimum atomic E-state index is -0.617. The van der Waals surface area contributed by atoms with Crippen molar-refractivity contribution in [1.29, 1.82) is 0 Å². The van der Waals surface area contributed by atoms with Crippen LogP contribution in [0.25, 0.3) is 0 Å². The highest BCUT2D eigenvalue weighted by Crippen LogP contribution is 2.44. The molecule has 0 bridgehead atoms. The molecule has 0 saturated carbocycles. The number of fused-ring (bicyclic) bond motifs is 1. The van der Waals surface area contributed by atoms with Crippen LogP contribution in [0, 0.1) is 0 Å². The van der Waals surface area contributed by atoms with Crippen LogP contribution in [0.1, 0.15) is 66.3 Å². The van der Waals surface area contributed by atoms with Crippen LogP contribution in [0.3, 0.4) is 0 Å². The number of benzene rings is 2. The smallest absolute Gasteiger partial charge is 0.253 e. The van der Waals surface area contributed by atoms with Gasteiger partial charge in [-0.05, 0) is 35.2 Å². The first-order valence-electron chi connectivity index (χ1n) is 10.2. The highest BCUT2D eigenvalue weighted by Gasteiger charge is 2.44. The van der Waals surface area contributed by atoms with Crippen LogP contribution in [0.4, 0.5) is 0 Å². The van der Waals surface area contributed by atoms with E-state index in [1.54, 1.807) is 12.1 Å². The monoisotopic (exact) mass is 445 g/mol. The van der Waals surface area contributed by atoms with Crippen molar-refractivity contribution in [2.24, 2.45) is 0 Å². The average molecular weight is 446 g/mol. The molecule has 2 aromatic carbocycles. The molecule has 2 heterocycles. The Labute approximate surface area is 187 Å². The molecule has 0 radical (unpaired) electrons. The van der Waals surface area contributed by atoms with Crippen molar-refractivity contribution < 1.29 is 14.3 Å². The van der Waals surface area contributed by atoms with Gasteiger partial charge in [-0.25, -0.2) is 0 Å². The van der Waals surface area contributed by atoms with Crippen LogP contribution in [-0.4, -0.2) is 35.3 Å². The molecule has 1 spiro atoms. The van der Waals surface area contributed by atoms with Crippen LogP contribution in [0.5, 0.6) is 5.75 Å². The van der Waals surface area contributed by atoms with E-state index in [0.29, 0.717) is 52.9 Å². The molecule has 2 aromatic rings. The summed E-state index contributed by atoms with van der Waals surface area (Å²) in [6.45, 7) is 7.52. The molecule has 158 valence electrons. The lowest BCUT2D eigenvalue weighted by atomic mass is 9.82. The highest BCUT2D eigenvalue weighted by atomic mass is 35.5. The molecule has 0 unspecified atom stereocenters. The fourth-order valence-electron chi connectivity index (χ4n) is 4.20. The van der Waals surface area contributed by atoms with Gasteiger partial charge in [0.15, 0.2) is 5.78 Å². The molecule has 4 nitrogen and oxygen atoms in total. The van der Waals surface area contributed by atoms with Gasteiger partial charge in [0.05, 0.1) is 17.0 Å². The summed E-state index contributed by atoms with van der Waals surface area (Å²) >= 11 is 12.3. The van der Waals surface area contributed by atoms with Crippen LogP contribution in [-0.2, 0) is 5.41 Å². The number of halogens is 2. The van der Waals surface area contributed by atoms with Crippen LogP contribution >= 0.6 is 23.2 Å². The van der Waals surface area contributed by atoms with Gasteiger partial charge in [0.1, 0.15) is 11.4 Å². The molecule has 0 N–H and O–H groups in total. The van der Waals surface area contributed by atoms with Gasteiger partial charge in [0.25, 0.3) is 5.91 Å². The first kappa shape index (κ1) is 21.2. The van der Waals surface area contributed by atoms with Crippen molar-refractivity contribution in [3.05, 3.63) is 63.1 Å². The quantitative estimate of drug-likeness (QED) is 0.546. The maximum Gasteiger partial charge on any atom is 0.253 e. The fraction of sp³-hybridized carbons (Fsp3) is 0.417. The van der Waals surface area contributed by atoms with E-state index in [2.05, 4.69) is 20.8 Å². The predicted octanol–water partition coefficient (Wildman–Crippen LogP) is 5.93. The zero-order valence-corrected chi connectivity index (χ0v) is 18.9. The lowest BCUT2D eigenvalue weighted by Crippen LogP contribution is -2.52. The Bertz CT molecular complexity index is 1000. The third-order valence-electron chi connectivity index (χ3n) is 6.07. The molecular formula is C24H25Cl2NO3. The molecule has 2 aliphatic rings. The Balaban J connectivity index is 1.47. The molecular weight excluding hydrogens is 421 g/mol. The van der Waals surface area contributed by atoms with E-state index in [9.17, 15) is 9.59 Å². The van der Waals surface area contributed by atoms with E-state index in [4.69, 9.17) is 27.9 Å². The Morgan fingerprint density at radius 2 is 1.70 bits per heavy atom. The number of likely N-dealkylation sites (tertiary alicyclic amines) is 1. The minimum absolute atomic E-state index is 0.0117. The lowest BCUT2D eigenvalue weighted by Gasteiger charge is -2.44. The summed E-state index contributed by atoms with van der Waals surface area (Å²) in [5.74, 6) is 0.408. The van der Waals surface area contributed by atoms with E-state index >= 15 is 0 Å². The van der Waals surface area contributed by atoms with Gasteiger partial charge in [0.2, 0.25) is 0 Å². The van der Waals surface area contributed by atoms with E-state index in [1.807, 2.05) is 29.2 Å². The van der Waals surface area contributed by atoms with Crippen molar-refractivity contribution >= 4 is 34.9 Å². The molecule has 0 atom stereocenters. The van der Waals surface area contributed by atoms with E-state index in [0.717, 1.165) is 0 Å². The number of nitrogens with zero attached hydrogens (tertiary/aromatic N) is 1. The number of ether oxygens (including phenoxy) is 1. The van der Waals surface area contributed by atoms with Crippen LogP contribution in [0.2, 0.25) is 10.0 Å². The van der Waals surface area contributed by atoms with Crippen molar-refractivity contribution in [1.82, 2.24) is 4.90 Å². The normalized spacial score (nSPS) is 18.2. The fourth-order valence-corrected chi connectivity index (χ4v) is 4.74. The van der Waals surface area contributed by atoms with Gasteiger partial charge in [-0.2, -0.15) is 0 Å². The summed E-state index contributed by atoms with van der Waals surface area (Å²) in [5, 5.41) is 0.770. The third kappa shape index (κ3) is 3.95. The van der Waals surface area contributed by atoms with Crippen molar-refractivity contribution in [3.8, 4) is 5.75 Å². The van der Waals surface area contributed by atoms with E-state index in [1.165, 1.54) is 5.56 Å². The molecule has 1 fully saturated rings. The number of ketones is 1. The number of carbonyl (C=O) groups is 2. The van der Waals surface area contributed by atoms with Gasteiger partial charge in [0, 0.05) is 36.5 Å². The third-order valence-corrected chi connectivity index (χ3v) is 6.57. The van der Waals surface area contributed by atoms with Crippen LogP contribution in [0.15, 0.2) is 36.4 Å². The summed E-state index contributed by atoms with van der Waals surface area (Å²) in [7, 11) is 0. The largest absolute Gasteiger partial charge is 0.484 e. The summed E-state index contributed by atoms with van der Waals surface area (Å²) in [5.41, 5.74) is 1.75. The van der Waals surface area contributed by atoms with E-state index in [-0.39, 0.29) is 23.5 Å². The molecule has 2 aliphatic heterocycles. The second-order valence-corrected chi connectivity index (χ2v) is 10.1. The Morgan fingerprint density at radius 1 is 1.07 bits per heavy atom. The van der Waals surface area contributed by atoms with Crippen LogP contribution < -0.4 is 4.74 Å². The van der Waals surface area contributed by atoms with Gasteiger partial charge in [-0.15, -0.1) is 0 Å². The molecule has 1 saturated heterocycles. The molecule has 6 heteroatoms. The topological polar surface area (TPSA) is 46.6 Å². The zero-order valence-electron chi connectivity index (χ0n) is 17.4. The highest BCUT2D eigenvalue weighted by molar-refractivity contribution is 6.36. The number of hydrogen-bond donors (Lipinski definition) is 0. The number of amides is 1. The number of piperidine rings is 1. The molecule has 1 amide bonds. The lowest BCUT2D eigenvalue weighted by molar-refractivity contribution is -0.00565. The number of hydrogen-bond acceptors (Lipinski definition) is 3. The molecule has 0 aromatic heterocycles. The first-order valence-corrected chi connectivity index (χ1v) is 10.9. The average Bonchev–Trinajstić information content (AvgIpc) is 2.69. The second-order valence-electron chi connectivity index (χ2n) is 9.27. The minimum Gasteiger partial charge on any atom is -0.484 e. The number of carbonyl (C=O) groups excluding carboxylic acids is 2. The van der Waals surface area contributed by atoms with Crippen molar-refractivity contribution in [2.45, 2.75) is 51.0 Å². The predicted molar refractivity (Wildman–Crippen MR) is 119 cm³/mol. The summed E-state index contributed by atoms with van der Waals surface area (Å²) in [6, 6.07) is 11.0. The summed E-state index contributed by atoms with van der Waals surface area (Å²) < 4.78 is 6.25. The van der Waals surface area contributed by atoms with E-state index < -0.39 is 5.60 Å². The first-order chi connectivity index (χ1) is 14.1. The van der Waals surface area contributed by atoms with Crippen molar-refractivity contribution in [2.75, 3.05) is 13.1 Å². The molecule has 0 aliphatic carbocycles.